The molecule has 1 aliphatic carbocycles. The summed E-state index contributed by atoms with van der Waals surface area (Å²) in [5.74, 6) is 2.37. The highest BCUT2D eigenvalue weighted by Gasteiger charge is 2.39. The van der Waals surface area contributed by atoms with E-state index in [1.165, 1.54) is 5.56 Å². The molecule has 0 amide bonds. The lowest BCUT2D eigenvalue weighted by Gasteiger charge is -2.41. The first-order valence-corrected chi connectivity index (χ1v) is 7.69. The largest absolute Gasteiger partial charge is 0.513 e. The Morgan fingerprint density at radius 2 is 1.95 bits per heavy atom. The molecule has 2 unspecified atom stereocenters. The van der Waals surface area contributed by atoms with E-state index in [9.17, 15) is 5.11 Å². The Morgan fingerprint density at radius 3 is 2.52 bits per heavy atom. The Morgan fingerprint density at radius 1 is 1.24 bits per heavy atom. The smallest absolute Gasteiger partial charge is 0.161 e. The first-order chi connectivity index (χ1) is 10.1. The molecule has 0 spiro atoms. The molecule has 0 aliphatic heterocycles. The highest BCUT2D eigenvalue weighted by molar-refractivity contribution is 5.46. The van der Waals surface area contributed by atoms with Gasteiger partial charge in [-0.3, -0.25) is 0 Å². The van der Waals surface area contributed by atoms with Crippen molar-refractivity contribution in [3.63, 3.8) is 0 Å². The lowest BCUT2D eigenvalue weighted by Crippen LogP contribution is -2.35. The van der Waals surface area contributed by atoms with E-state index >= 15 is 0 Å². The zero-order chi connectivity index (χ0) is 15.5. The number of ether oxygens (including phenoxy) is 2. The second-order valence-corrected chi connectivity index (χ2v) is 5.92. The average molecular weight is 290 g/mol. The number of aliphatic hydroxyl groups is 1. The van der Waals surface area contributed by atoms with Gasteiger partial charge in [0.15, 0.2) is 11.5 Å². The summed E-state index contributed by atoms with van der Waals surface area (Å²) in [6, 6.07) is 6.22. The van der Waals surface area contributed by atoms with E-state index in [0.717, 1.165) is 37.2 Å². The second-order valence-electron chi connectivity index (χ2n) is 5.92. The van der Waals surface area contributed by atoms with Crippen molar-refractivity contribution in [2.75, 3.05) is 14.2 Å². The van der Waals surface area contributed by atoms with Crippen molar-refractivity contribution in [3.05, 3.63) is 35.6 Å². The fourth-order valence-electron chi connectivity index (χ4n) is 3.61. The summed E-state index contributed by atoms with van der Waals surface area (Å²) in [6.45, 7) is 4.41. The van der Waals surface area contributed by atoms with E-state index in [4.69, 9.17) is 9.47 Å². The summed E-state index contributed by atoms with van der Waals surface area (Å²) in [7, 11) is 3.33. The van der Waals surface area contributed by atoms with Crippen LogP contribution in [0.25, 0.3) is 0 Å². The van der Waals surface area contributed by atoms with E-state index in [0.29, 0.717) is 11.7 Å². The molecule has 0 saturated heterocycles. The molecule has 116 valence electrons. The minimum atomic E-state index is 0.0700. The van der Waals surface area contributed by atoms with Crippen molar-refractivity contribution < 1.29 is 14.6 Å². The van der Waals surface area contributed by atoms with Gasteiger partial charge in [0.1, 0.15) is 0 Å². The lowest BCUT2D eigenvalue weighted by molar-refractivity contribution is 0.232. The monoisotopic (exact) mass is 290 g/mol. The van der Waals surface area contributed by atoms with Crippen molar-refractivity contribution >= 4 is 0 Å². The van der Waals surface area contributed by atoms with Crippen LogP contribution >= 0.6 is 0 Å². The number of allylic oxidation sites excluding steroid dienone is 2. The molecule has 3 heteroatoms. The molecule has 1 N–H and O–H groups in total. The van der Waals surface area contributed by atoms with Gasteiger partial charge in [-0.1, -0.05) is 26.3 Å². The number of methoxy groups -OCH3 is 2. The summed E-state index contributed by atoms with van der Waals surface area (Å²) < 4.78 is 10.8. The van der Waals surface area contributed by atoms with Gasteiger partial charge in [0.25, 0.3) is 0 Å². The summed E-state index contributed by atoms with van der Waals surface area (Å²) >= 11 is 0. The second kappa shape index (κ2) is 6.42. The van der Waals surface area contributed by atoms with Gasteiger partial charge in [-0.15, -0.1) is 0 Å². The van der Waals surface area contributed by atoms with Crippen LogP contribution in [0.5, 0.6) is 11.5 Å². The Hall–Kier alpha value is -1.64. The van der Waals surface area contributed by atoms with Crippen LogP contribution in [0.4, 0.5) is 0 Å². The van der Waals surface area contributed by atoms with Gasteiger partial charge in [-0.05, 0) is 42.5 Å². The zero-order valence-electron chi connectivity index (χ0n) is 13.5. The molecule has 1 aliphatic rings. The Labute approximate surface area is 127 Å². The van der Waals surface area contributed by atoms with Crippen molar-refractivity contribution in [1.82, 2.24) is 0 Å². The maximum Gasteiger partial charge on any atom is 0.161 e. The van der Waals surface area contributed by atoms with Crippen LogP contribution in [0.2, 0.25) is 0 Å². The molecule has 2 atom stereocenters. The molecule has 0 fully saturated rings. The average Bonchev–Trinajstić information content (AvgIpc) is 2.49. The van der Waals surface area contributed by atoms with Crippen molar-refractivity contribution in [2.45, 2.75) is 44.9 Å². The summed E-state index contributed by atoms with van der Waals surface area (Å²) in [4.78, 5) is 0. The topological polar surface area (TPSA) is 38.7 Å². The lowest BCUT2D eigenvalue weighted by atomic mass is 9.63. The van der Waals surface area contributed by atoms with Crippen LogP contribution in [0, 0.1) is 5.92 Å². The zero-order valence-corrected chi connectivity index (χ0v) is 13.5. The Kier molecular flexibility index (Phi) is 4.81. The molecule has 0 saturated carbocycles. The number of rotatable bonds is 5. The van der Waals surface area contributed by atoms with Gasteiger partial charge in [-0.25, -0.2) is 0 Å². The predicted molar refractivity (Wildman–Crippen MR) is 85.2 cm³/mol. The van der Waals surface area contributed by atoms with Crippen molar-refractivity contribution in [1.29, 1.82) is 0 Å². The Bertz CT molecular complexity index is 521. The van der Waals surface area contributed by atoms with Crippen molar-refractivity contribution in [2.24, 2.45) is 5.92 Å². The third-order valence-corrected chi connectivity index (χ3v) is 4.80. The van der Waals surface area contributed by atoms with Gasteiger partial charge in [0, 0.05) is 11.8 Å². The molecule has 0 heterocycles. The third-order valence-electron chi connectivity index (χ3n) is 4.80. The fourth-order valence-corrected chi connectivity index (χ4v) is 3.61. The summed E-state index contributed by atoms with van der Waals surface area (Å²) in [6.07, 6.45) is 5.95. The molecule has 3 nitrogen and oxygen atoms in total. The quantitative estimate of drug-likeness (QED) is 0.860. The number of benzene rings is 1. The molecule has 1 aromatic rings. The first kappa shape index (κ1) is 15.7. The molecule has 0 aromatic heterocycles. The van der Waals surface area contributed by atoms with Crippen LogP contribution in [0.15, 0.2) is 30.0 Å². The van der Waals surface area contributed by atoms with Gasteiger partial charge in [0.2, 0.25) is 0 Å². The predicted octanol–water partition coefficient (Wildman–Crippen LogP) is 4.61. The minimum Gasteiger partial charge on any atom is -0.513 e. The molecular weight excluding hydrogens is 264 g/mol. The van der Waals surface area contributed by atoms with E-state index in [1.807, 2.05) is 12.1 Å². The van der Waals surface area contributed by atoms with Crippen LogP contribution in [0.1, 0.15) is 45.1 Å². The van der Waals surface area contributed by atoms with Gasteiger partial charge < -0.3 is 14.6 Å². The Balaban J connectivity index is 2.48. The van der Waals surface area contributed by atoms with Crippen LogP contribution in [0.3, 0.4) is 0 Å². The van der Waals surface area contributed by atoms with E-state index in [2.05, 4.69) is 26.0 Å². The van der Waals surface area contributed by atoms with E-state index in [-0.39, 0.29) is 5.41 Å². The molecule has 21 heavy (non-hydrogen) atoms. The SMILES string of the molecule is CCCC1(c2ccc(OC)c(OC)c2)CCC(O)=CC1C. The van der Waals surface area contributed by atoms with Gasteiger partial charge in [0.05, 0.1) is 20.0 Å². The number of hydrogen-bond donors (Lipinski definition) is 1. The molecule has 0 radical (unpaired) electrons. The minimum absolute atomic E-state index is 0.0700. The standard InChI is InChI=1S/C18H26O3/c1-5-9-18(10-8-15(19)11-13(18)2)14-6-7-16(20-3)17(12-14)21-4/h6-7,11-13,19H,5,8-10H2,1-4H3. The van der Waals surface area contributed by atoms with Crippen molar-refractivity contribution in [3.8, 4) is 11.5 Å². The van der Waals surface area contributed by atoms with E-state index in [1.54, 1.807) is 14.2 Å². The third kappa shape index (κ3) is 2.87. The highest BCUT2D eigenvalue weighted by atomic mass is 16.5. The number of aliphatic hydroxyl groups excluding tert-OH is 1. The summed E-state index contributed by atoms with van der Waals surface area (Å²) in [5.41, 5.74) is 1.35. The van der Waals surface area contributed by atoms with Crippen LogP contribution in [-0.4, -0.2) is 19.3 Å². The van der Waals surface area contributed by atoms with Gasteiger partial charge in [-0.2, -0.15) is 0 Å². The molecule has 2 rings (SSSR count). The first-order valence-electron chi connectivity index (χ1n) is 7.69. The fraction of sp³-hybridized carbons (Fsp3) is 0.556. The molecule has 0 bridgehead atoms. The maximum absolute atomic E-state index is 9.83. The summed E-state index contributed by atoms with van der Waals surface area (Å²) in [5, 5.41) is 9.83. The normalized spacial score (nSPS) is 25.3. The highest BCUT2D eigenvalue weighted by Crippen LogP contribution is 2.47. The van der Waals surface area contributed by atoms with E-state index < -0.39 is 0 Å². The molecular formula is C18H26O3. The maximum atomic E-state index is 9.83. The van der Waals surface area contributed by atoms with Crippen LogP contribution < -0.4 is 9.47 Å². The molecule has 1 aromatic carbocycles. The number of hydrogen-bond acceptors (Lipinski definition) is 3. The van der Waals surface area contributed by atoms with Crippen LogP contribution in [-0.2, 0) is 5.41 Å². The van der Waals surface area contributed by atoms with Gasteiger partial charge >= 0.3 is 0 Å².